The van der Waals surface area contributed by atoms with Gasteiger partial charge in [-0.1, -0.05) is 39.0 Å². The van der Waals surface area contributed by atoms with Crippen LogP contribution in [0, 0.1) is 11.3 Å². The number of aliphatic hydroxyl groups excluding tert-OH is 1. The number of amides is 2. The highest BCUT2D eigenvalue weighted by Crippen LogP contribution is 2.38. The van der Waals surface area contributed by atoms with E-state index in [-0.39, 0.29) is 35.8 Å². The Morgan fingerprint density at radius 1 is 1.21 bits per heavy atom. The van der Waals surface area contributed by atoms with E-state index in [0.29, 0.717) is 19.0 Å². The van der Waals surface area contributed by atoms with Crippen molar-refractivity contribution in [2.75, 3.05) is 13.2 Å². The third kappa shape index (κ3) is 3.61. The quantitative estimate of drug-likeness (QED) is 0.774. The molecule has 3 fully saturated rings. The largest absolute Gasteiger partial charge is 0.396 e. The molecule has 3 aliphatic rings. The van der Waals surface area contributed by atoms with Crippen molar-refractivity contribution in [2.24, 2.45) is 11.3 Å². The molecule has 0 radical (unpaired) electrons. The summed E-state index contributed by atoms with van der Waals surface area (Å²) in [4.78, 5) is 27.1. The molecule has 1 heterocycles. The van der Waals surface area contributed by atoms with Gasteiger partial charge in [-0.15, -0.1) is 0 Å². The van der Waals surface area contributed by atoms with E-state index < -0.39 is 0 Å². The predicted molar refractivity (Wildman–Crippen MR) is 92.3 cm³/mol. The second kappa shape index (κ2) is 7.42. The van der Waals surface area contributed by atoms with Crippen LogP contribution in [0.2, 0.25) is 0 Å². The molecule has 3 unspecified atom stereocenters. The number of likely N-dealkylation sites (tertiary alicyclic amines) is 1. The molecule has 2 amide bonds. The molecule has 1 saturated heterocycles. The van der Waals surface area contributed by atoms with Crippen LogP contribution in [-0.4, -0.2) is 47.1 Å². The van der Waals surface area contributed by atoms with E-state index in [1.165, 1.54) is 25.7 Å². The normalized spacial score (nSPS) is 35.2. The molecule has 24 heavy (non-hydrogen) atoms. The summed E-state index contributed by atoms with van der Waals surface area (Å²) in [6, 6.07) is 0.379. The van der Waals surface area contributed by atoms with Gasteiger partial charge >= 0.3 is 0 Å². The topological polar surface area (TPSA) is 69.6 Å². The summed E-state index contributed by atoms with van der Waals surface area (Å²) in [5.74, 6) is -0.0614. The lowest BCUT2D eigenvalue weighted by Gasteiger charge is -2.31. The van der Waals surface area contributed by atoms with Gasteiger partial charge in [0, 0.05) is 30.5 Å². The molecular formula is C19H32N2O3. The monoisotopic (exact) mass is 336 g/mol. The Bertz CT molecular complexity index is 473. The van der Waals surface area contributed by atoms with Crippen molar-refractivity contribution in [3.05, 3.63) is 0 Å². The first kappa shape index (κ1) is 17.7. The summed E-state index contributed by atoms with van der Waals surface area (Å²) < 4.78 is 0. The lowest BCUT2D eigenvalue weighted by molar-refractivity contribution is -0.130. The maximum absolute atomic E-state index is 12.7. The van der Waals surface area contributed by atoms with Crippen LogP contribution in [0.15, 0.2) is 0 Å². The standard InChI is InChI=1S/C19H32N2O3/c1-19(13-22)10-6-9-16(19)20-18(24)14-11-17(23)21(12-14)15-7-4-2-3-5-8-15/h14-16,22H,2-13H2,1H3,(H,20,24). The average Bonchev–Trinajstić information content (AvgIpc) is 3.01. The van der Waals surface area contributed by atoms with Gasteiger partial charge in [-0.05, 0) is 25.7 Å². The summed E-state index contributed by atoms with van der Waals surface area (Å²) in [6.45, 7) is 2.73. The molecule has 3 atom stereocenters. The molecule has 136 valence electrons. The Morgan fingerprint density at radius 2 is 1.92 bits per heavy atom. The molecule has 0 aromatic rings. The minimum absolute atomic E-state index is 0.00560. The Hall–Kier alpha value is -1.10. The Labute approximate surface area is 145 Å². The van der Waals surface area contributed by atoms with Gasteiger partial charge in [0.1, 0.15) is 0 Å². The Morgan fingerprint density at radius 3 is 2.58 bits per heavy atom. The summed E-state index contributed by atoms with van der Waals surface area (Å²) in [5, 5.41) is 12.8. The van der Waals surface area contributed by atoms with Gasteiger partial charge in [0.15, 0.2) is 0 Å². The summed E-state index contributed by atoms with van der Waals surface area (Å²) in [6.07, 6.45) is 10.4. The average molecular weight is 336 g/mol. The first-order valence-corrected chi connectivity index (χ1v) is 9.74. The van der Waals surface area contributed by atoms with Crippen molar-refractivity contribution in [3.63, 3.8) is 0 Å². The number of carbonyl (C=O) groups is 2. The molecular weight excluding hydrogens is 304 g/mol. The van der Waals surface area contributed by atoms with E-state index in [1.54, 1.807) is 0 Å². The van der Waals surface area contributed by atoms with Gasteiger partial charge in [-0.25, -0.2) is 0 Å². The minimum Gasteiger partial charge on any atom is -0.396 e. The summed E-state index contributed by atoms with van der Waals surface area (Å²) in [5.41, 5.74) is -0.209. The maximum atomic E-state index is 12.7. The van der Waals surface area contributed by atoms with Crippen molar-refractivity contribution in [3.8, 4) is 0 Å². The van der Waals surface area contributed by atoms with Crippen LogP contribution >= 0.6 is 0 Å². The van der Waals surface area contributed by atoms with E-state index >= 15 is 0 Å². The van der Waals surface area contributed by atoms with Gasteiger partial charge in [0.2, 0.25) is 11.8 Å². The van der Waals surface area contributed by atoms with Crippen molar-refractivity contribution >= 4 is 11.8 Å². The predicted octanol–water partition coefficient (Wildman–Crippen LogP) is 2.22. The highest BCUT2D eigenvalue weighted by Gasteiger charge is 2.42. The van der Waals surface area contributed by atoms with Gasteiger partial charge < -0.3 is 15.3 Å². The molecule has 5 nitrogen and oxygen atoms in total. The zero-order valence-electron chi connectivity index (χ0n) is 14.9. The maximum Gasteiger partial charge on any atom is 0.225 e. The lowest BCUT2D eigenvalue weighted by Crippen LogP contribution is -2.47. The van der Waals surface area contributed by atoms with Crippen LogP contribution in [0.3, 0.4) is 0 Å². The fraction of sp³-hybridized carbons (Fsp3) is 0.895. The van der Waals surface area contributed by atoms with Crippen molar-refractivity contribution in [1.29, 1.82) is 0 Å². The molecule has 0 aromatic heterocycles. The second-order valence-corrected chi connectivity index (χ2v) is 8.36. The molecule has 1 aliphatic heterocycles. The van der Waals surface area contributed by atoms with E-state index in [0.717, 1.165) is 32.1 Å². The molecule has 5 heteroatoms. The van der Waals surface area contributed by atoms with E-state index in [1.807, 2.05) is 11.8 Å². The van der Waals surface area contributed by atoms with E-state index in [2.05, 4.69) is 5.32 Å². The third-order valence-corrected chi connectivity index (χ3v) is 6.55. The van der Waals surface area contributed by atoms with Crippen molar-refractivity contribution in [1.82, 2.24) is 10.2 Å². The third-order valence-electron chi connectivity index (χ3n) is 6.55. The summed E-state index contributed by atoms with van der Waals surface area (Å²) in [7, 11) is 0. The molecule has 2 aliphatic carbocycles. The number of aliphatic hydroxyl groups is 1. The summed E-state index contributed by atoms with van der Waals surface area (Å²) >= 11 is 0. The van der Waals surface area contributed by atoms with Crippen LogP contribution < -0.4 is 5.32 Å². The molecule has 0 bridgehead atoms. The lowest BCUT2D eigenvalue weighted by atomic mass is 9.85. The van der Waals surface area contributed by atoms with Crippen molar-refractivity contribution in [2.45, 2.75) is 83.2 Å². The smallest absolute Gasteiger partial charge is 0.225 e. The Kier molecular flexibility index (Phi) is 5.48. The zero-order valence-corrected chi connectivity index (χ0v) is 14.9. The van der Waals surface area contributed by atoms with Gasteiger partial charge in [0.05, 0.1) is 12.5 Å². The highest BCUT2D eigenvalue weighted by molar-refractivity contribution is 5.89. The number of hydrogen-bond donors (Lipinski definition) is 2. The Balaban J connectivity index is 1.57. The van der Waals surface area contributed by atoms with Crippen LogP contribution in [0.4, 0.5) is 0 Å². The first-order valence-electron chi connectivity index (χ1n) is 9.74. The van der Waals surface area contributed by atoms with Gasteiger partial charge in [-0.2, -0.15) is 0 Å². The minimum atomic E-state index is -0.218. The molecule has 0 aromatic carbocycles. The van der Waals surface area contributed by atoms with Gasteiger partial charge in [-0.3, -0.25) is 9.59 Å². The van der Waals surface area contributed by atoms with Crippen LogP contribution in [0.25, 0.3) is 0 Å². The number of carbonyl (C=O) groups excluding carboxylic acids is 2. The first-order chi connectivity index (χ1) is 11.5. The number of nitrogens with one attached hydrogen (secondary N) is 1. The zero-order chi connectivity index (χ0) is 17.2. The number of nitrogens with zero attached hydrogens (tertiary/aromatic N) is 1. The fourth-order valence-corrected chi connectivity index (χ4v) is 4.79. The molecule has 0 spiro atoms. The van der Waals surface area contributed by atoms with E-state index in [4.69, 9.17) is 0 Å². The fourth-order valence-electron chi connectivity index (χ4n) is 4.79. The van der Waals surface area contributed by atoms with Gasteiger partial charge in [0.25, 0.3) is 0 Å². The van der Waals surface area contributed by atoms with E-state index in [9.17, 15) is 14.7 Å². The number of hydrogen-bond acceptors (Lipinski definition) is 3. The SMILES string of the molecule is CC1(CO)CCCC1NC(=O)C1CC(=O)N(C2CCCCCC2)C1. The second-order valence-electron chi connectivity index (χ2n) is 8.36. The molecule has 3 rings (SSSR count). The van der Waals surface area contributed by atoms with Crippen molar-refractivity contribution < 1.29 is 14.7 Å². The van der Waals surface area contributed by atoms with Crippen LogP contribution in [-0.2, 0) is 9.59 Å². The van der Waals surface area contributed by atoms with Crippen LogP contribution in [0.5, 0.6) is 0 Å². The van der Waals surface area contributed by atoms with Crippen LogP contribution in [0.1, 0.15) is 71.1 Å². The highest BCUT2D eigenvalue weighted by atomic mass is 16.3. The number of rotatable bonds is 4. The molecule has 2 N–H and O–H groups in total. The molecule has 2 saturated carbocycles.